The molecule has 0 aliphatic rings. The molecule has 0 saturated heterocycles. The summed E-state index contributed by atoms with van der Waals surface area (Å²) in [6.45, 7) is 6.41. The Labute approximate surface area is 121 Å². The van der Waals surface area contributed by atoms with Crippen LogP contribution in [0.5, 0.6) is 0 Å². The Balaban J connectivity index is 2.31. The second kappa shape index (κ2) is 5.62. The van der Waals surface area contributed by atoms with Gasteiger partial charge in [0.1, 0.15) is 5.69 Å². The number of nitro groups is 1. The zero-order chi connectivity index (χ0) is 14.9. The highest BCUT2D eigenvalue weighted by molar-refractivity contribution is 7.10. The van der Waals surface area contributed by atoms with Crippen LogP contribution in [0.25, 0.3) is 0 Å². The number of hydrogen-bond donors (Lipinski definition) is 1. The monoisotopic (exact) mass is 294 g/mol. The summed E-state index contributed by atoms with van der Waals surface area (Å²) >= 11 is 1.64. The Hall–Kier alpha value is -1.89. The minimum absolute atomic E-state index is 0.0145. The molecule has 0 unspecified atom stereocenters. The van der Waals surface area contributed by atoms with Crippen molar-refractivity contribution in [2.24, 2.45) is 7.05 Å². The van der Waals surface area contributed by atoms with Gasteiger partial charge in [0.05, 0.1) is 11.5 Å². The summed E-state index contributed by atoms with van der Waals surface area (Å²) < 4.78 is 1.55. The van der Waals surface area contributed by atoms with Gasteiger partial charge in [-0.15, -0.1) is 11.3 Å². The number of aromatic nitrogens is 2. The first kappa shape index (κ1) is 14.5. The lowest BCUT2D eigenvalue weighted by atomic mass is 10.1. The van der Waals surface area contributed by atoms with E-state index in [1.54, 1.807) is 23.1 Å². The zero-order valence-corrected chi connectivity index (χ0v) is 12.8. The number of aryl methyl sites for hydroxylation is 2. The normalized spacial score (nSPS) is 11.1. The average Bonchev–Trinajstić information content (AvgIpc) is 2.90. The van der Waals surface area contributed by atoms with Gasteiger partial charge < -0.3 is 5.32 Å². The van der Waals surface area contributed by atoms with Crippen LogP contribution in [0, 0.1) is 17.0 Å². The number of nitrogens with zero attached hydrogens (tertiary/aromatic N) is 3. The summed E-state index contributed by atoms with van der Waals surface area (Å²) in [6, 6.07) is 2.04. The van der Waals surface area contributed by atoms with Crippen LogP contribution in [-0.2, 0) is 13.6 Å². The molecule has 0 fully saturated rings. The van der Waals surface area contributed by atoms with Crippen molar-refractivity contribution in [2.45, 2.75) is 33.2 Å². The Kier molecular flexibility index (Phi) is 4.08. The van der Waals surface area contributed by atoms with Crippen molar-refractivity contribution >= 4 is 22.8 Å². The molecule has 108 valence electrons. The first-order valence-electron chi connectivity index (χ1n) is 6.40. The van der Waals surface area contributed by atoms with E-state index in [9.17, 15) is 10.1 Å². The summed E-state index contributed by atoms with van der Waals surface area (Å²) in [6.07, 6.45) is 0. The van der Waals surface area contributed by atoms with Gasteiger partial charge in [0.25, 0.3) is 0 Å². The molecule has 0 spiro atoms. The van der Waals surface area contributed by atoms with E-state index < -0.39 is 0 Å². The predicted octanol–water partition coefficient (Wildman–Crippen LogP) is 3.43. The van der Waals surface area contributed by atoms with Gasteiger partial charge in [-0.1, -0.05) is 13.8 Å². The molecule has 7 heteroatoms. The molecule has 0 aliphatic heterocycles. The molecule has 0 atom stereocenters. The van der Waals surface area contributed by atoms with Crippen molar-refractivity contribution in [3.63, 3.8) is 0 Å². The topological polar surface area (TPSA) is 73.0 Å². The fourth-order valence-electron chi connectivity index (χ4n) is 2.05. The largest absolute Gasteiger partial charge is 0.360 e. The first-order chi connectivity index (χ1) is 9.41. The summed E-state index contributed by atoms with van der Waals surface area (Å²) in [5.74, 6) is 0.479. The van der Waals surface area contributed by atoms with Gasteiger partial charge in [-0.05, 0) is 23.9 Å². The molecular formula is C13H18N4O2S. The molecule has 1 N–H and O–H groups in total. The molecule has 0 bridgehead atoms. The molecule has 0 radical (unpaired) electrons. The van der Waals surface area contributed by atoms with E-state index in [0.29, 0.717) is 18.1 Å². The Bertz CT molecular complexity index is 630. The van der Waals surface area contributed by atoms with E-state index in [-0.39, 0.29) is 16.5 Å². The molecule has 2 aromatic rings. The van der Waals surface area contributed by atoms with E-state index in [2.05, 4.69) is 10.4 Å². The molecule has 0 aromatic carbocycles. The maximum Gasteiger partial charge on any atom is 0.334 e. The van der Waals surface area contributed by atoms with E-state index >= 15 is 0 Å². The zero-order valence-electron chi connectivity index (χ0n) is 12.0. The third kappa shape index (κ3) is 2.67. The van der Waals surface area contributed by atoms with E-state index in [1.807, 2.05) is 32.2 Å². The highest BCUT2D eigenvalue weighted by atomic mass is 32.1. The second-order valence-electron chi connectivity index (χ2n) is 5.00. The van der Waals surface area contributed by atoms with Gasteiger partial charge in [0.15, 0.2) is 0 Å². The van der Waals surface area contributed by atoms with E-state index in [0.717, 1.165) is 0 Å². The first-order valence-corrected chi connectivity index (χ1v) is 7.28. The average molecular weight is 294 g/mol. The lowest BCUT2D eigenvalue weighted by Crippen LogP contribution is -2.06. The van der Waals surface area contributed by atoms with Crippen LogP contribution in [0.1, 0.15) is 35.9 Å². The van der Waals surface area contributed by atoms with Crippen LogP contribution in [0.4, 0.5) is 11.5 Å². The van der Waals surface area contributed by atoms with Crippen LogP contribution in [0.3, 0.4) is 0 Å². The van der Waals surface area contributed by atoms with Crippen molar-refractivity contribution in [3.8, 4) is 0 Å². The number of thiophene rings is 1. The van der Waals surface area contributed by atoms with Crippen LogP contribution in [0.2, 0.25) is 0 Å². The van der Waals surface area contributed by atoms with Crippen molar-refractivity contribution in [1.82, 2.24) is 9.78 Å². The van der Waals surface area contributed by atoms with Gasteiger partial charge in [-0.2, -0.15) is 5.10 Å². The molecular weight excluding hydrogens is 276 g/mol. The van der Waals surface area contributed by atoms with Crippen molar-refractivity contribution in [1.29, 1.82) is 0 Å². The third-order valence-corrected chi connectivity index (χ3v) is 4.19. The standard InChI is InChI=1S/C13H18N4O2S/c1-8(2)11-12(17(18)19)13(16(4)15-11)14-7-10-9(3)5-6-20-10/h5-6,8,14H,7H2,1-4H3. The van der Waals surface area contributed by atoms with Gasteiger partial charge >= 0.3 is 5.69 Å². The van der Waals surface area contributed by atoms with E-state index in [1.165, 1.54) is 10.4 Å². The molecule has 6 nitrogen and oxygen atoms in total. The number of hydrogen-bond acceptors (Lipinski definition) is 5. The molecule has 0 saturated carbocycles. The predicted molar refractivity (Wildman–Crippen MR) is 80.3 cm³/mol. The number of nitrogens with one attached hydrogen (secondary N) is 1. The van der Waals surface area contributed by atoms with Crippen molar-refractivity contribution in [3.05, 3.63) is 37.7 Å². The Morgan fingerprint density at radius 3 is 2.75 bits per heavy atom. The number of rotatable bonds is 5. The molecule has 20 heavy (non-hydrogen) atoms. The van der Waals surface area contributed by atoms with Crippen molar-refractivity contribution < 1.29 is 4.92 Å². The lowest BCUT2D eigenvalue weighted by molar-refractivity contribution is -0.384. The smallest absolute Gasteiger partial charge is 0.334 e. The maximum atomic E-state index is 11.3. The summed E-state index contributed by atoms with van der Waals surface area (Å²) in [4.78, 5) is 12.1. The molecule has 0 amide bonds. The SMILES string of the molecule is Cc1ccsc1CNc1c([N+](=O)[O-])c(C(C)C)nn1C. The summed E-state index contributed by atoms with van der Waals surface area (Å²) in [5.41, 5.74) is 1.79. The summed E-state index contributed by atoms with van der Waals surface area (Å²) in [5, 5.41) is 20.7. The van der Waals surface area contributed by atoms with Crippen molar-refractivity contribution in [2.75, 3.05) is 5.32 Å². The van der Waals surface area contributed by atoms with Crippen LogP contribution >= 0.6 is 11.3 Å². The van der Waals surface area contributed by atoms with Crippen LogP contribution in [0.15, 0.2) is 11.4 Å². The third-order valence-electron chi connectivity index (χ3n) is 3.16. The fourth-order valence-corrected chi connectivity index (χ4v) is 2.90. The Morgan fingerprint density at radius 1 is 1.55 bits per heavy atom. The van der Waals surface area contributed by atoms with Gasteiger partial charge in [0, 0.05) is 17.8 Å². The highest BCUT2D eigenvalue weighted by Gasteiger charge is 2.28. The fraction of sp³-hybridized carbons (Fsp3) is 0.462. The second-order valence-corrected chi connectivity index (χ2v) is 6.00. The molecule has 2 heterocycles. The van der Waals surface area contributed by atoms with Gasteiger partial charge in [-0.3, -0.25) is 10.1 Å². The molecule has 2 rings (SSSR count). The minimum atomic E-state index is -0.355. The molecule has 2 aromatic heterocycles. The van der Waals surface area contributed by atoms with Crippen LogP contribution in [-0.4, -0.2) is 14.7 Å². The van der Waals surface area contributed by atoms with Crippen LogP contribution < -0.4 is 5.32 Å². The number of anilines is 1. The van der Waals surface area contributed by atoms with Gasteiger partial charge in [-0.25, -0.2) is 4.68 Å². The lowest BCUT2D eigenvalue weighted by Gasteiger charge is -2.05. The summed E-state index contributed by atoms with van der Waals surface area (Å²) in [7, 11) is 1.72. The minimum Gasteiger partial charge on any atom is -0.360 e. The quantitative estimate of drug-likeness (QED) is 0.677. The van der Waals surface area contributed by atoms with Gasteiger partial charge in [0.2, 0.25) is 5.82 Å². The Morgan fingerprint density at radius 2 is 2.25 bits per heavy atom. The maximum absolute atomic E-state index is 11.3. The van der Waals surface area contributed by atoms with E-state index in [4.69, 9.17) is 0 Å². The highest BCUT2D eigenvalue weighted by Crippen LogP contribution is 2.33. The molecule has 0 aliphatic carbocycles.